The number of halogens is 3. The number of hydrogen-bond donors (Lipinski definition) is 0. The van der Waals surface area contributed by atoms with Crippen LogP contribution >= 0.6 is 43.5 Å². The van der Waals surface area contributed by atoms with E-state index in [4.69, 9.17) is 16.3 Å². The van der Waals surface area contributed by atoms with Crippen LogP contribution in [0.5, 0.6) is 5.75 Å². The van der Waals surface area contributed by atoms with E-state index in [0.717, 1.165) is 16.6 Å². The summed E-state index contributed by atoms with van der Waals surface area (Å²) in [7, 11) is 0. The van der Waals surface area contributed by atoms with E-state index in [2.05, 4.69) is 45.7 Å². The quantitative estimate of drug-likeness (QED) is 0.664. The van der Waals surface area contributed by atoms with E-state index in [1.165, 1.54) is 0 Å². The summed E-state index contributed by atoms with van der Waals surface area (Å²) < 4.78 is 6.91. The molecular weight excluding hydrogens is 355 g/mol. The highest BCUT2D eigenvalue weighted by Crippen LogP contribution is 2.48. The fraction of sp³-hybridized carbons (Fsp3) is 0.500. The Kier molecular flexibility index (Phi) is 3.58. The fourth-order valence-corrected chi connectivity index (χ4v) is 3.11. The molecule has 0 heterocycles. The smallest absolute Gasteiger partial charge is 0.138 e. The van der Waals surface area contributed by atoms with E-state index in [1.54, 1.807) is 0 Å². The van der Waals surface area contributed by atoms with Gasteiger partial charge in [0.1, 0.15) is 11.9 Å². The van der Waals surface area contributed by atoms with Crippen molar-refractivity contribution in [1.29, 1.82) is 0 Å². The molecule has 4 heteroatoms. The van der Waals surface area contributed by atoms with Crippen LogP contribution in [0.3, 0.4) is 0 Å². The molecule has 0 saturated heterocycles. The third kappa shape index (κ3) is 2.27. The highest BCUT2D eigenvalue weighted by atomic mass is 79.9. The van der Waals surface area contributed by atoms with Crippen molar-refractivity contribution in [2.24, 2.45) is 5.41 Å². The van der Waals surface area contributed by atoms with Gasteiger partial charge in [0, 0.05) is 14.7 Å². The van der Waals surface area contributed by atoms with Gasteiger partial charge in [0.2, 0.25) is 0 Å². The molecule has 0 spiro atoms. The summed E-state index contributed by atoms with van der Waals surface area (Å²) in [5.41, 5.74) is 0.163. The van der Waals surface area contributed by atoms with Gasteiger partial charge in [-0.05, 0) is 24.6 Å². The van der Waals surface area contributed by atoms with Gasteiger partial charge in [-0.2, -0.15) is 0 Å². The molecule has 2 rings (SSSR count). The van der Waals surface area contributed by atoms with Gasteiger partial charge in [-0.1, -0.05) is 57.3 Å². The summed E-state index contributed by atoms with van der Waals surface area (Å²) in [4.78, 5) is 0.527. The Labute approximate surface area is 118 Å². The molecule has 88 valence electrons. The van der Waals surface area contributed by atoms with Gasteiger partial charge in [0.05, 0.1) is 5.02 Å². The van der Waals surface area contributed by atoms with Crippen LogP contribution in [0.1, 0.15) is 20.3 Å². The van der Waals surface area contributed by atoms with Crippen LogP contribution in [-0.4, -0.2) is 10.9 Å². The molecule has 0 amide bonds. The van der Waals surface area contributed by atoms with Crippen LogP contribution in [0.2, 0.25) is 5.02 Å². The molecule has 1 aromatic rings. The Bertz CT molecular complexity index is 406. The van der Waals surface area contributed by atoms with E-state index in [1.807, 2.05) is 18.2 Å². The zero-order valence-corrected chi connectivity index (χ0v) is 13.1. The van der Waals surface area contributed by atoms with Gasteiger partial charge >= 0.3 is 0 Å². The Morgan fingerprint density at radius 2 is 2.12 bits per heavy atom. The van der Waals surface area contributed by atoms with Crippen molar-refractivity contribution in [3.05, 3.63) is 27.7 Å². The Hall–Kier alpha value is 0.270. The zero-order chi connectivity index (χ0) is 11.9. The summed E-state index contributed by atoms with van der Waals surface area (Å²) in [6.45, 7) is 4.40. The predicted molar refractivity (Wildman–Crippen MR) is 74.7 cm³/mol. The Balaban J connectivity index is 2.11. The minimum Gasteiger partial charge on any atom is -0.488 e. The lowest BCUT2D eigenvalue weighted by Crippen LogP contribution is -2.53. The average molecular weight is 368 g/mol. The van der Waals surface area contributed by atoms with Crippen LogP contribution in [0, 0.1) is 5.41 Å². The standard InChI is InChI=1S/C12H13Br2ClO/c1-12(2)10(14)6-11(12)16-9-4-3-7(13)5-8(9)15/h3-5,10-11H,6H2,1-2H3. The summed E-state index contributed by atoms with van der Waals surface area (Å²) in [5, 5.41) is 0.656. The molecule has 1 nitrogen and oxygen atoms in total. The van der Waals surface area contributed by atoms with Crippen molar-refractivity contribution < 1.29 is 4.74 Å². The lowest BCUT2D eigenvalue weighted by Gasteiger charge is -2.48. The molecule has 0 aromatic heterocycles. The maximum Gasteiger partial charge on any atom is 0.138 e. The maximum absolute atomic E-state index is 6.12. The zero-order valence-electron chi connectivity index (χ0n) is 9.14. The second kappa shape index (κ2) is 4.51. The minimum atomic E-state index is 0.163. The number of alkyl halides is 1. The molecule has 16 heavy (non-hydrogen) atoms. The van der Waals surface area contributed by atoms with Crippen LogP contribution < -0.4 is 4.74 Å². The van der Waals surface area contributed by atoms with Gasteiger partial charge in [0.15, 0.2) is 0 Å². The van der Waals surface area contributed by atoms with Gasteiger partial charge < -0.3 is 4.74 Å². The molecule has 2 unspecified atom stereocenters. The van der Waals surface area contributed by atoms with Crippen molar-refractivity contribution in [3.63, 3.8) is 0 Å². The summed E-state index contributed by atoms with van der Waals surface area (Å²) in [6, 6.07) is 5.71. The highest BCUT2D eigenvalue weighted by molar-refractivity contribution is 9.10. The van der Waals surface area contributed by atoms with E-state index >= 15 is 0 Å². The van der Waals surface area contributed by atoms with Crippen molar-refractivity contribution in [2.75, 3.05) is 0 Å². The Morgan fingerprint density at radius 3 is 2.62 bits per heavy atom. The van der Waals surface area contributed by atoms with E-state index in [-0.39, 0.29) is 11.5 Å². The fourth-order valence-electron chi connectivity index (χ4n) is 1.76. The normalized spacial score (nSPS) is 27.3. The number of benzene rings is 1. The largest absolute Gasteiger partial charge is 0.488 e. The molecule has 1 aliphatic carbocycles. The first-order chi connectivity index (χ1) is 7.41. The topological polar surface area (TPSA) is 9.23 Å². The van der Waals surface area contributed by atoms with Gasteiger partial charge in [-0.3, -0.25) is 0 Å². The molecule has 0 radical (unpaired) electrons. The first kappa shape index (κ1) is 12.7. The molecule has 1 aromatic carbocycles. The first-order valence-corrected chi connectivity index (χ1v) is 7.25. The molecule has 1 aliphatic rings. The molecule has 0 aliphatic heterocycles. The lowest BCUT2D eigenvalue weighted by molar-refractivity contribution is -0.00773. The molecule has 1 fully saturated rings. The van der Waals surface area contributed by atoms with E-state index in [9.17, 15) is 0 Å². The van der Waals surface area contributed by atoms with Crippen LogP contribution in [0.4, 0.5) is 0 Å². The Morgan fingerprint density at radius 1 is 1.44 bits per heavy atom. The molecule has 1 saturated carbocycles. The van der Waals surface area contributed by atoms with Crippen molar-refractivity contribution >= 4 is 43.5 Å². The van der Waals surface area contributed by atoms with Crippen molar-refractivity contribution in [3.8, 4) is 5.75 Å². The number of hydrogen-bond acceptors (Lipinski definition) is 1. The van der Waals surface area contributed by atoms with E-state index < -0.39 is 0 Å². The van der Waals surface area contributed by atoms with Gasteiger partial charge in [0.25, 0.3) is 0 Å². The maximum atomic E-state index is 6.12. The van der Waals surface area contributed by atoms with Gasteiger partial charge in [-0.15, -0.1) is 0 Å². The lowest BCUT2D eigenvalue weighted by atomic mass is 9.69. The average Bonchev–Trinajstić information content (AvgIpc) is 2.21. The molecular formula is C12H13Br2ClO. The van der Waals surface area contributed by atoms with Gasteiger partial charge in [-0.25, -0.2) is 0 Å². The van der Waals surface area contributed by atoms with Crippen molar-refractivity contribution in [2.45, 2.75) is 31.2 Å². The van der Waals surface area contributed by atoms with E-state index in [0.29, 0.717) is 9.85 Å². The van der Waals surface area contributed by atoms with Crippen LogP contribution in [0.25, 0.3) is 0 Å². The summed E-state index contributed by atoms with van der Waals surface area (Å²) in [5.74, 6) is 0.766. The first-order valence-electron chi connectivity index (χ1n) is 5.17. The molecule has 0 N–H and O–H groups in total. The van der Waals surface area contributed by atoms with Crippen LogP contribution in [-0.2, 0) is 0 Å². The molecule has 0 bridgehead atoms. The molecule has 2 atom stereocenters. The van der Waals surface area contributed by atoms with Crippen LogP contribution in [0.15, 0.2) is 22.7 Å². The number of ether oxygens (including phenoxy) is 1. The monoisotopic (exact) mass is 366 g/mol. The summed E-state index contributed by atoms with van der Waals surface area (Å²) in [6.07, 6.45) is 1.26. The predicted octanol–water partition coefficient (Wildman–Crippen LogP) is 5.04. The SMILES string of the molecule is CC1(C)C(Br)CC1Oc1ccc(Br)cc1Cl. The third-order valence-electron chi connectivity index (χ3n) is 3.22. The number of rotatable bonds is 2. The van der Waals surface area contributed by atoms with Crippen molar-refractivity contribution in [1.82, 2.24) is 0 Å². The third-order valence-corrected chi connectivity index (χ3v) is 5.56. The highest BCUT2D eigenvalue weighted by Gasteiger charge is 2.48. The summed E-state index contributed by atoms with van der Waals surface area (Å²) >= 11 is 13.1. The second-order valence-corrected chi connectivity index (χ2v) is 7.13. The second-order valence-electron chi connectivity index (χ2n) is 4.71. The minimum absolute atomic E-state index is 0.163.